The monoisotopic (exact) mass is 335 g/mol. The Morgan fingerprint density at radius 3 is 2.46 bits per heavy atom. The molecule has 3 heteroatoms. The molecular formula is C21H21NOS. The van der Waals surface area contributed by atoms with Crippen LogP contribution in [0.4, 0.5) is 5.69 Å². The molecule has 0 aromatic heterocycles. The maximum absolute atomic E-state index is 5.96. The Kier molecular flexibility index (Phi) is 5.11. The van der Waals surface area contributed by atoms with Crippen molar-refractivity contribution in [3.05, 3.63) is 72.3 Å². The number of aryl methyl sites for hydroxylation is 1. The molecular weight excluding hydrogens is 314 g/mol. The summed E-state index contributed by atoms with van der Waals surface area (Å²) in [5.41, 5.74) is 2.36. The van der Waals surface area contributed by atoms with Crippen molar-refractivity contribution in [3.63, 3.8) is 0 Å². The minimum Gasteiger partial charge on any atom is -0.432 e. The summed E-state index contributed by atoms with van der Waals surface area (Å²) in [7, 11) is 0. The van der Waals surface area contributed by atoms with E-state index < -0.39 is 0 Å². The molecule has 0 saturated carbocycles. The molecule has 0 spiro atoms. The number of fused-ring (bicyclic) bond motifs is 1. The van der Waals surface area contributed by atoms with E-state index in [2.05, 4.69) is 56.3 Å². The highest BCUT2D eigenvalue weighted by Gasteiger charge is 2.13. The number of rotatable bonds is 4. The van der Waals surface area contributed by atoms with Crippen LogP contribution in [0.3, 0.4) is 0 Å². The maximum atomic E-state index is 5.96. The van der Waals surface area contributed by atoms with Crippen molar-refractivity contribution in [2.45, 2.75) is 20.3 Å². The first-order chi connectivity index (χ1) is 11.7. The minimum absolute atomic E-state index is 0.473. The lowest BCUT2D eigenvalue weighted by molar-refractivity contribution is 0.549. The number of hydrogen-bond acceptors (Lipinski definition) is 2. The molecule has 0 fully saturated rings. The zero-order valence-electron chi connectivity index (χ0n) is 14.0. The Balaban J connectivity index is 1.82. The minimum atomic E-state index is 0.473. The van der Waals surface area contributed by atoms with Crippen molar-refractivity contribution in [1.29, 1.82) is 0 Å². The predicted octanol–water partition coefficient (Wildman–Crippen LogP) is 5.59. The molecule has 3 rings (SSSR count). The Bertz CT molecular complexity index is 859. The van der Waals surface area contributed by atoms with E-state index >= 15 is 0 Å². The SMILES string of the molecule is CCc1cccc(N(CC)C(=S)Oc2ccc3ccccc3c2)c1. The second-order valence-corrected chi connectivity index (χ2v) is 5.99. The Morgan fingerprint density at radius 2 is 1.71 bits per heavy atom. The van der Waals surface area contributed by atoms with Crippen LogP contribution in [0.1, 0.15) is 19.4 Å². The molecule has 24 heavy (non-hydrogen) atoms. The summed E-state index contributed by atoms with van der Waals surface area (Å²) in [4.78, 5) is 2.02. The first kappa shape index (κ1) is 16.5. The third-order valence-corrected chi connectivity index (χ3v) is 4.40. The van der Waals surface area contributed by atoms with E-state index in [9.17, 15) is 0 Å². The van der Waals surface area contributed by atoms with E-state index in [4.69, 9.17) is 17.0 Å². The van der Waals surface area contributed by atoms with Crippen LogP contribution in [-0.2, 0) is 6.42 Å². The topological polar surface area (TPSA) is 12.5 Å². The van der Waals surface area contributed by atoms with Crippen LogP contribution >= 0.6 is 12.2 Å². The Labute approximate surface area is 148 Å². The number of thiocarbonyl (C=S) groups is 1. The fraction of sp³-hybridized carbons (Fsp3) is 0.190. The van der Waals surface area contributed by atoms with Gasteiger partial charge in [0.1, 0.15) is 5.75 Å². The van der Waals surface area contributed by atoms with Crippen molar-refractivity contribution in [1.82, 2.24) is 0 Å². The van der Waals surface area contributed by atoms with E-state index in [1.54, 1.807) is 0 Å². The Hall–Kier alpha value is -2.39. The molecule has 3 aromatic carbocycles. The highest BCUT2D eigenvalue weighted by atomic mass is 32.1. The molecule has 0 heterocycles. The van der Waals surface area contributed by atoms with Crippen LogP contribution in [-0.4, -0.2) is 11.7 Å². The van der Waals surface area contributed by atoms with E-state index in [0.29, 0.717) is 5.17 Å². The lowest BCUT2D eigenvalue weighted by Crippen LogP contribution is -2.33. The van der Waals surface area contributed by atoms with Gasteiger partial charge < -0.3 is 9.64 Å². The largest absolute Gasteiger partial charge is 0.432 e. The molecule has 122 valence electrons. The third kappa shape index (κ3) is 3.57. The molecule has 0 aliphatic heterocycles. The van der Waals surface area contributed by atoms with Gasteiger partial charge in [-0.15, -0.1) is 0 Å². The maximum Gasteiger partial charge on any atom is 0.269 e. The van der Waals surface area contributed by atoms with E-state index in [1.165, 1.54) is 10.9 Å². The van der Waals surface area contributed by atoms with Gasteiger partial charge in [-0.1, -0.05) is 49.4 Å². The summed E-state index contributed by atoms with van der Waals surface area (Å²) in [5.74, 6) is 0.767. The van der Waals surface area contributed by atoms with Crippen molar-refractivity contribution >= 4 is 33.9 Å². The molecule has 0 aliphatic carbocycles. The number of anilines is 1. The van der Waals surface area contributed by atoms with Crippen molar-refractivity contribution in [2.75, 3.05) is 11.4 Å². The lowest BCUT2D eigenvalue weighted by atomic mass is 10.1. The molecule has 0 saturated heterocycles. The van der Waals surface area contributed by atoms with Gasteiger partial charge in [0.25, 0.3) is 5.17 Å². The van der Waals surface area contributed by atoms with Crippen molar-refractivity contribution < 1.29 is 4.74 Å². The van der Waals surface area contributed by atoms with Crippen LogP contribution in [0.5, 0.6) is 5.75 Å². The number of nitrogens with zero attached hydrogens (tertiary/aromatic N) is 1. The standard InChI is InChI=1S/C21H21NOS/c1-3-16-8-7-11-19(14-16)22(4-2)21(24)23-20-13-12-17-9-5-6-10-18(17)15-20/h5-15H,3-4H2,1-2H3. The van der Waals surface area contributed by atoms with Gasteiger partial charge in [0, 0.05) is 12.2 Å². The first-order valence-corrected chi connectivity index (χ1v) is 8.69. The zero-order chi connectivity index (χ0) is 16.9. The molecule has 0 N–H and O–H groups in total. The third-order valence-electron chi connectivity index (χ3n) is 4.09. The molecule has 0 unspecified atom stereocenters. The summed E-state index contributed by atoms with van der Waals surface area (Å²) in [6, 6.07) is 22.7. The quantitative estimate of drug-likeness (QED) is 0.576. The van der Waals surface area contributed by atoms with Crippen LogP contribution in [0.2, 0.25) is 0 Å². The molecule has 0 aliphatic rings. The zero-order valence-corrected chi connectivity index (χ0v) is 14.8. The van der Waals surface area contributed by atoms with Crippen LogP contribution < -0.4 is 9.64 Å². The molecule has 3 aromatic rings. The predicted molar refractivity (Wildman–Crippen MR) is 106 cm³/mol. The van der Waals surface area contributed by atoms with Gasteiger partial charge in [0.15, 0.2) is 0 Å². The molecule has 2 nitrogen and oxygen atoms in total. The fourth-order valence-electron chi connectivity index (χ4n) is 2.75. The van der Waals surface area contributed by atoms with Crippen LogP contribution in [0.25, 0.3) is 10.8 Å². The highest BCUT2D eigenvalue weighted by molar-refractivity contribution is 7.80. The van der Waals surface area contributed by atoms with Gasteiger partial charge in [-0.25, -0.2) is 0 Å². The summed E-state index contributed by atoms with van der Waals surface area (Å²) in [6.07, 6.45) is 1.00. The normalized spacial score (nSPS) is 10.6. The fourth-order valence-corrected chi connectivity index (χ4v) is 3.08. The van der Waals surface area contributed by atoms with Gasteiger partial charge in [-0.3, -0.25) is 0 Å². The molecule has 0 bridgehead atoms. The number of hydrogen-bond donors (Lipinski definition) is 0. The highest BCUT2D eigenvalue weighted by Crippen LogP contribution is 2.23. The first-order valence-electron chi connectivity index (χ1n) is 8.28. The number of benzene rings is 3. The second-order valence-electron chi connectivity index (χ2n) is 5.64. The second kappa shape index (κ2) is 7.45. The van der Waals surface area contributed by atoms with Crippen LogP contribution in [0.15, 0.2) is 66.7 Å². The summed E-state index contributed by atoms with van der Waals surface area (Å²) in [5, 5.41) is 2.81. The summed E-state index contributed by atoms with van der Waals surface area (Å²) in [6.45, 7) is 4.99. The van der Waals surface area contributed by atoms with Crippen molar-refractivity contribution in [3.8, 4) is 5.75 Å². The smallest absolute Gasteiger partial charge is 0.269 e. The average molecular weight is 335 g/mol. The Morgan fingerprint density at radius 1 is 0.917 bits per heavy atom. The van der Waals surface area contributed by atoms with E-state index in [-0.39, 0.29) is 0 Å². The van der Waals surface area contributed by atoms with E-state index in [1.807, 2.05) is 29.2 Å². The summed E-state index contributed by atoms with van der Waals surface area (Å²) >= 11 is 5.54. The van der Waals surface area contributed by atoms with Gasteiger partial charge in [0.05, 0.1) is 0 Å². The number of ether oxygens (including phenoxy) is 1. The van der Waals surface area contributed by atoms with Gasteiger partial charge in [0.2, 0.25) is 0 Å². The molecule has 0 radical (unpaired) electrons. The molecule has 0 amide bonds. The van der Waals surface area contributed by atoms with Gasteiger partial charge >= 0.3 is 0 Å². The van der Waals surface area contributed by atoms with E-state index in [0.717, 1.165) is 29.8 Å². The van der Waals surface area contributed by atoms with Crippen LogP contribution in [0, 0.1) is 0 Å². The molecule has 0 atom stereocenters. The van der Waals surface area contributed by atoms with Gasteiger partial charge in [-0.05, 0) is 66.2 Å². The van der Waals surface area contributed by atoms with Gasteiger partial charge in [-0.2, -0.15) is 0 Å². The van der Waals surface area contributed by atoms with Crippen molar-refractivity contribution in [2.24, 2.45) is 0 Å². The summed E-state index contributed by atoms with van der Waals surface area (Å²) < 4.78 is 5.96. The lowest BCUT2D eigenvalue weighted by Gasteiger charge is -2.23. The average Bonchev–Trinajstić information content (AvgIpc) is 2.62.